The van der Waals surface area contributed by atoms with Crippen LogP contribution in [0.1, 0.15) is 64.0 Å². The van der Waals surface area contributed by atoms with Crippen molar-refractivity contribution in [1.29, 1.82) is 0 Å². The van der Waals surface area contributed by atoms with E-state index >= 15 is 0 Å². The zero-order chi connectivity index (χ0) is 14.7. The third-order valence-corrected chi connectivity index (χ3v) is 5.04. The lowest BCUT2D eigenvalue weighted by Crippen LogP contribution is -2.40. The molecule has 0 aliphatic carbocycles. The Balaban J connectivity index is 1.89. The number of anilines is 1. The molecule has 0 amide bonds. The standard InChI is InChI=1S/C18H29N3/c1-15(2)21-14-7-4-10-17(21)16-9-8-11-19-18(16)20-12-5-3-6-13-20/h8-9,11,15,17H,3-7,10,12-14H2,1-2H3. The van der Waals surface area contributed by atoms with Crippen molar-refractivity contribution in [2.45, 2.75) is 64.5 Å². The van der Waals surface area contributed by atoms with Crippen molar-refractivity contribution in [3.63, 3.8) is 0 Å². The summed E-state index contributed by atoms with van der Waals surface area (Å²) >= 11 is 0. The summed E-state index contributed by atoms with van der Waals surface area (Å²) in [6.45, 7) is 8.25. The third-order valence-electron chi connectivity index (χ3n) is 5.04. The molecule has 116 valence electrons. The molecule has 0 aromatic carbocycles. The molecule has 0 bridgehead atoms. The predicted molar refractivity (Wildman–Crippen MR) is 88.7 cm³/mol. The van der Waals surface area contributed by atoms with Crippen LogP contribution in [0.3, 0.4) is 0 Å². The Morgan fingerprint density at radius 3 is 2.57 bits per heavy atom. The molecule has 1 aromatic rings. The van der Waals surface area contributed by atoms with Gasteiger partial charge in [-0.2, -0.15) is 0 Å². The van der Waals surface area contributed by atoms with Gasteiger partial charge in [0.05, 0.1) is 0 Å². The number of pyridine rings is 1. The zero-order valence-corrected chi connectivity index (χ0v) is 13.6. The number of nitrogens with zero attached hydrogens (tertiary/aromatic N) is 3. The van der Waals surface area contributed by atoms with Crippen molar-refractivity contribution >= 4 is 5.82 Å². The quantitative estimate of drug-likeness (QED) is 0.837. The van der Waals surface area contributed by atoms with Gasteiger partial charge in [-0.1, -0.05) is 12.5 Å². The minimum atomic E-state index is 0.560. The van der Waals surface area contributed by atoms with Crippen LogP contribution in [0.5, 0.6) is 0 Å². The second kappa shape index (κ2) is 6.78. The number of hydrogen-bond donors (Lipinski definition) is 0. The van der Waals surface area contributed by atoms with Crippen molar-refractivity contribution in [1.82, 2.24) is 9.88 Å². The lowest BCUT2D eigenvalue weighted by atomic mass is 9.93. The van der Waals surface area contributed by atoms with Crippen LogP contribution in [-0.2, 0) is 0 Å². The van der Waals surface area contributed by atoms with Gasteiger partial charge in [0.1, 0.15) is 5.82 Å². The lowest BCUT2D eigenvalue weighted by Gasteiger charge is -2.40. The van der Waals surface area contributed by atoms with Gasteiger partial charge in [-0.15, -0.1) is 0 Å². The molecule has 2 saturated heterocycles. The summed E-state index contributed by atoms with van der Waals surface area (Å²) in [5.41, 5.74) is 1.47. The molecule has 0 saturated carbocycles. The number of aromatic nitrogens is 1. The minimum absolute atomic E-state index is 0.560. The summed E-state index contributed by atoms with van der Waals surface area (Å²) in [6.07, 6.45) is 9.94. The SMILES string of the molecule is CC(C)N1CCCCC1c1cccnc1N1CCCCC1. The number of piperidine rings is 2. The maximum Gasteiger partial charge on any atom is 0.133 e. The highest BCUT2D eigenvalue weighted by Crippen LogP contribution is 2.37. The monoisotopic (exact) mass is 287 g/mol. The first-order valence-electron chi connectivity index (χ1n) is 8.73. The molecule has 2 aliphatic heterocycles. The molecule has 3 nitrogen and oxygen atoms in total. The highest BCUT2D eigenvalue weighted by atomic mass is 15.2. The second-order valence-corrected chi connectivity index (χ2v) is 6.81. The van der Waals surface area contributed by atoms with Crippen LogP contribution < -0.4 is 4.90 Å². The normalized spacial score (nSPS) is 24.5. The number of hydrogen-bond acceptors (Lipinski definition) is 3. The molecule has 0 radical (unpaired) electrons. The summed E-state index contributed by atoms with van der Waals surface area (Å²) < 4.78 is 0. The van der Waals surface area contributed by atoms with Crippen LogP contribution in [0.2, 0.25) is 0 Å². The van der Waals surface area contributed by atoms with E-state index in [1.807, 2.05) is 6.20 Å². The highest BCUT2D eigenvalue weighted by Gasteiger charge is 2.29. The van der Waals surface area contributed by atoms with Crippen LogP contribution in [0.15, 0.2) is 18.3 Å². The van der Waals surface area contributed by atoms with Gasteiger partial charge < -0.3 is 4.90 Å². The van der Waals surface area contributed by atoms with Crippen LogP contribution in [0, 0.1) is 0 Å². The lowest BCUT2D eigenvalue weighted by molar-refractivity contribution is 0.112. The first kappa shape index (κ1) is 14.8. The Hall–Kier alpha value is -1.09. The first-order valence-corrected chi connectivity index (χ1v) is 8.73. The van der Waals surface area contributed by atoms with E-state index in [0.717, 1.165) is 0 Å². The van der Waals surface area contributed by atoms with E-state index in [1.54, 1.807) is 0 Å². The Morgan fingerprint density at radius 2 is 1.81 bits per heavy atom. The number of likely N-dealkylation sites (tertiary alicyclic amines) is 1. The summed E-state index contributed by atoms with van der Waals surface area (Å²) in [5, 5.41) is 0. The van der Waals surface area contributed by atoms with Crippen LogP contribution in [0.4, 0.5) is 5.82 Å². The fourth-order valence-corrected chi connectivity index (χ4v) is 3.95. The van der Waals surface area contributed by atoms with E-state index < -0.39 is 0 Å². The molecule has 2 aliphatic rings. The summed E-state index contributed by atoms with van der Waals surface area (Å²) in [6, 6.07) is 5.62. The van der Waals surface area contributed by atoms with Gasteiger partial charge in [0.2, 0.25) is 0 Å². The molecule has 0 spiro atoms. The van der Waals surface area contributed by atoms with E-state index in [0.29, 0.717) is 12.1 Å². The van der Waals surface area contributed by atoms with Gasteiger partial charge in [-0.05, 0) is 58.6 Å². The zero-order valence-electron chi connectivity index (χ0n) is 13.6. The van der Waals surface area contributed by atoms with Crippen molar-refractivity contribution in [2.24, 2.45) is 0 Å². The Labute approximate surface area is 129 Å². The van der Waals surface area contributed by atoms with E-state index in [4.69, 9.17) is 4.98 Å². The molecule has 0 N–H and O–H groups in total. The highest BCUT2D eigenvalue weighted by molar-refractivity contribution is 5.49. The molecule has 3 rings (SSSR count). The molecule has 21 heavy (non-hydrogen) atoms. The maximum atomic E-state index is 4.77. The topological polar surface area (TPSA) is 19.4 Å². The molecule has 1 atom stereocenters. The summed E-state index contributed by atoms with van der Waals surface area (Å²) in [7, 11) is 0. The molecule has 3 heterocycles. The smallest absolute Gasteiger partial charge is 0.133 e. The van der Waals surface area contributed by atoms with Gasteiger partial charge in [-0.25, -0.2) is 4.98 Å². The van der Waals surface area contributed by atoms with E-state index in [1.165, 1.54) is 69.5 Å². The van der Waals surface area contributed by atoms with Gasteiger partial charge in [0.15, 0.2) is 0 Å². The minimum Gasteiger partial charge on any atom is -0.356 e. The van der Waals surface area contributed by atoms with Crippen molar-refractivity contribution in [2.75, 3.05) is 24.5 Å². The van der Waals surface area contributed by atoms with Crippen LogP contribution >= 0.6 is 0 Å². The van der Waals surface area contributed by atoms with E-state index in [9.17, 15) is 0 Å². The van der Waals surface area contributed by atoms with Crippen LogP contribution in [0.25, 0.3) is 0 Å². The van der Waals surface area contributed by atoms with Gasteiger partial charge in [0.25, 0.3) is 0 Å². The second-order valence-electron chi connectivity index (χ2n) is 6.81. The van der Waals surface area contributed by atoms with Gasteiger partial charge >= 0.3 is 0 Å². The summed E-state index contributed by atoms with van der Waals surface area (Å²) in [5.74, 6) is 1.26. The average molecular weight is 287 g/mol. The first-order chi connectivity index (χ1) is 10.3. The average Bonchev–Trinajstić information content (AvgIpc) is 2.55. The fourth-order valence-electron chi connectivity index (χ4n) is 3.95. The number of rotatable bonds is 3. The van der Waals surface area contributed by atoms with E-state index in [2.05, 4.69) is 35.8 Å². The largest absolute Gasteiger partial charge is 0.356 e. The molecule has 1 aromatic heterocycles. The van der Waals surface area contributed by atoms with Gasteiger partial charge in [0, 0.05) is 36.9 Å². The third kappa shape index (κ3) is 3.23. The maximum absolute atomic E-state index is 4.77. The van der Waals surface area contributed by atoms with Crippen molar-refractivity contribution < 1.29 is 0 Å². The van der Waals surface area contributed by atoms with E-state index in [-0.39, 0.29) is 0 Å². The Morgan fingerprint density at radius 1 is 1.05 bits per heavy atom. The molecular weight excluding hydrogens is 258 g/mol. The fraction of sp³-hybridized carbons (Fsp3) is 0.722. The van der Waals surface area contributed by atoms with Crippen molar-refractivity contribution in [3.05, 3.63) is 23.9 Å². The Kier molecular flexibility index (Phi) is 4.79. The molecular formula is C18H29N3. The molecule has 1 unspecified atom stereocenters. The molecule has 2 fully saturated rings. The molecule has 3 heteroatoms. The predicted octanol–water partition coefficient (Wildman–Crippen LogP) is 4.01. The summed E-state index contributed by atoms with van der Waals surface area (Å²) in [4.78, 5) is 9.96. The Bertz CT molecular complexity index is 452. The van der Waals surface area contributed by atoms with Crippen molar-refractivity contribution in [3.8, 4) is 0 Å². The van der Waals surface area contributed by atoms with Gasteiger partial charge in [-0.3, -0.25) is 4.90 Å². The van der Waals surface area contributed by atoms with Crippen LogP contribution in [-0.4, -0.2) is 35.6 Å².